The van der Waals surface area contributed by atoms with E-state index in [1.807, 2.05) is 32.0 Å². The second-order valence-corrected chi connectivity index (χ2v) is 6.25. The Bertz CT molecular complexity index is 709. The Hall–Kier alpha value is -2.46. The molecule has 0 aromatic carbocycles. The van der Waals surface area contributed by atoms with Crippen molar-refractivity contribution in [2.24, 2.45) is 0 Å². The minimum Gasteiger partial charge on any atom is -0.337 e. The van der Waals surface area contributed by atoms with Crippen LogP contribution in [0.4, 0.5) is 0 Å². The predicted molar refractivity (Wildman–Crippen MR) is 92.1 cm³/mol. The summed E-state index contributed by atoms with van der Waals surface area (Å²) in [6.07, 6.45) is 3.72. The SMILES string of the molecule is Cc1cc(C)nc(SCC(=O)N(CCC#N)Cc2cccnc2)n1. The van der Waals surface area contributed by atoms with Gasteiger partial charge in [0.25, 0.3) is 0 Å². The lowest BCUT2D eigenvalue weighted by Gasteiger charge is -2.21. The van der Waals surface area contributed by atoms with Crippen LogP contribution in [0.1, 0.15) is 23.4 Å². The van der Waals surface area contributed by atoms with Gasteiger partial charge in [0.1, 0.15) is 0 Å². The number of aryl methyl sites for hydroxylation is 2. The van der Waals surface area contributed by atoms with E-state index in [1.54, 1.807) is 17.3 Å². The average Bonchev–Trinajstić information content (AvgIpc) is 2.56. The molecule has 6 nitrogen and oxygen atoms in total. The van der Waals surface area contributed by atoms with Crippen LogP contribution in [-0.2, 0) is 11.3 Å². The fourth-order valence-corrected chi connectivity index (χ4v) is 3.02. The van der Waals surface area contributed by atoms with Gasteiger partial charge in [-0.25, -0.2) is 9.97 Å². The van der Waals surface area contributed by atoms with Crippen LogP contribution in [0.2, 0.25) is 0 Å². The summed E-state index contributed by atoms with van der Waals surface area (Å²) in [6, 6.07) is 7.73. The third-order valence-electron chi connectivity index (χ3n) is 3.23. The van der Waals surface area contributed by atoms with Crippen LogP contribution >= 0.6 is 11.8 Å². The molecule has 124 valence electrons. The van der Waals surface area contributed by atoms with Gasteiger partial charge in [0.05, 0.1) is 18.2 Å². The molecular formula is C17H19N5OS. The molecular weight excluding hydrogens is 322 g/mol. The van der Waals surface area contributed by atoms with Crippen LogP contribution in [0.3, 0.4) is 0 Å². The minimum atomic E-state index is -0.0399. The Labute approximate surface area is 146 Å². The topological polar surface area (TPSA) is 82.8 Å². The Kier molecular flexibility index (Phi) is 6.70. The van der Waals surface area contributed by atoms with Crippen LogP contribution in [-0.4, -0.2) is 38.1 Å². The van der Waals surface area contributed by atoms with Crippen molar-refractivity contribution in [3.63, 3.8) is 0 Å². The first-order valence-electron chi connectivity index (χ1n) is 7.57. The van der Waals surface area contributed by atoms with E-state index in [0.29, 0.717) is 24.7 Å². The molecule has 1 amide bonds. The number of carbonyl (C=O) groups is 1. The second-order valence-electron chi connectivity index (χ2n) is 5.31. The van der Waals surface area contributed by atoms with Gasteiger partial charge >= 0.3 is 0 Å². The van der Waals surface area contributed by atoms with Gasteiger partial charge in [0, 0.05) is 36.9 Å². The van der Waals surface area contributed by atoms with Crippen LogP contribution in [0.25, 0.3) is 0 Å². The molecule has 7 heteroatoms. The molecule has 2 rings (SSSR count). The number of rotatable bonds is 7. The number of pyridine rings is 1. The maximum absolute atomic E-state index is 12.5. The van der Waals surface area contributed by atoms with E-state index >= 15 is 0 Å². The highest BCUT2D eigenvalue weighted by atomic mass is 32.2. The van der Waals surface area contributed by atoms with Gasteiger partial charge in [-0.3, -0.25) is 9.78 Å². The monoisotopic (exact) mass is 341 g/mol. The van der Waals surface area contributed by atoms with Gasteiger partial charge in [0.2, 0.25) is 5.91 Å². The fraction of sp³-hybridized carbons (Fsp3) is 0.353. The number of aromatic nitrogens is 3. The van der Waals surface area contributed by atoms with Crippen molar-refractivity contribution in [3.8, 4) is 6.07 Å². The summed E-state index contributed by atoms with van der Waals surface area (Å²) < 4.78 is 0. The van der Waals surface area contributed by atoms with Crippen LogP contribution in [0.15, 0.2) is 35.7 Å². The highest BCUT2D eigenvalue weighted by Crippen LogP contribution is 2.16. The normalized spacial score (nSPS) is 10.2. The van der Waals surface area contributed by atoms with Crippen LogP contribution < -0.4 is 0 Å². The smallest absolute Gasteiger partial charge is 0.233 e. The van der Waals surface area contributed by atoms with Crippen molar-refractivity contribution in [2.45, 2.75) is 32.0 Å². The molecule has 2 aromatic rings. The summed E-state index contributed by atoms with van der Waals surface area (Å²) in [5, 5.41) is 9.41. The number of nitriles is 1. The van der Waals surface area contributed by atoms with Gasteiger partial charge in [-0.15, -0.1) is 0 Å². The molecule has 0 bridgehead atoms. The van der Waals surface area contributed by atoms with Crippen LogP contribution in [0.5, 0.6) is 0 Å². The third kappa shape index (κ3) is 5.63. The lowest BCUT2D eigenvalue weighted by molar-refractivity contribution is -0.128. The molecule has 0 unspecified atom stereocenters. The number of carbonyl (C=O) groups excluding carboxylic acids is 1. The molecule has 0 aliphatic carbocycles. The first-order valence-corrected chi connectivity index (χ1v) is 8.56. The summed E-state index contributed by atoms with van der Waals surface area (Å²) in [5.41, 5.74) is 2.71. The van der Waals surface area contributed by atoms with Crippen molar-refractivity contribution in [1.82, 2.24) is 19.9 Å². The van der Waals surface area contributed by atoms with E-state index in [1.165, 1.54) is 11.8 Å². The Balaban J connectivity index is 2.00. The molecule has 0 N–H and O–H groups in total. The van der Waals surface area contributed by atoms with Crippen molar-refractivity contribution in [2.75, 3.05) is 12.3 Å². The Morgan fingerprint density at radius 2 is 2.08 bits per heavy atom. The van der Waals surface area contributed by atoms with Gasteiger partial charge in [-0.05, 0) is 31.5 Å². The highest BCUT2D eigenvalue weighted by Gasteiger charge is 2.15. The van der Waals surface area contributed by atoms with E-state index in [9.17, 15) is 4.79 Å². The molecule has 0 aliphatic rings. The third-order valence-corrected chi connectivity index (χ3v) is 4.06. The van der Waals surface area contributed by atoms with Crippen molar-refractivity contribution >= 4 is 17.7 Å². The molecule has 2 aromatic heterocycles. The molecule has 0 radical (unpaired) electrons. The molecule has 0 saturated heterocycles. The maximum atomic E-state index is 12.5. The van der Waals surface area contributed by atoms with Gasteiger partial charge in [-0.2, -0.15) is 5.26 Å². The molecule has 0 saturated carbocycles. The second kappa shape index (κ2) is 8.99. The lowest BCUT2D eigenvalue weighted by atomic mass is 10.2. The summed E-state index contributed by atoms with van der Waals surface area (Å²) >= 11 is 1.32. The van der Waals surface area contributed by atoms with Gasteiger partial charge in [0.15, 0.2) is 5.16 Å². The zero-order chi connectivity index (χ0) is 17.4. The van der Waals surface area contributed by atoms with E-state index < -0.39 is 0 Å². The zero-order valence-corrected chi connectivity index (χ0v) is 14.6. The summed E-state index contributed by atoms with van der Waals surface area (Å²) in [6.45, 7) is 4.66. The summed E-state index contributed by atoms with van der Waals surface area (Å²) in [4.78, 5) is 26.9. The molecule has 0 fully saturated rings. The Morgan fingerprint density at radius 1 is 1.33 bits per heavy atom. The summed E-state index contributed by atoms with van der Waals surface area (Å²) in [7, 11) is 0. The van der Waals surface area contributed by atoms with E-state index in [0.717, 1.165) is 17.0 Å². The Morgan fingerprint density at radius 3 is 2.71 bits per heavy atom. The van der Waals surface area contributed by atoms with Crippen molar-refractivity contribution < 1.29 is 4.79 Å². The largest absolute Gasteiger partial charge is 0.337 e. The number of nitrogens with zero attached hydrogens (tertiary/aromatic N) is 5. The first-order chi connectivity index (χ1) is 11.6. The molecule has 0 spiro atoms. The van der Waals surface area contributed by atoms with Crippen molar-refractivity contribution in [1.29, 1.82) is 5.26 Å². The quantitative estimate of drug-likeness (QED) is 0.568. The maximum Gasteiger partial charge on any atom is 0.233 e. The predicted octanol–water partition coefficient (Wildman–Crippen LogP) is 2.52. The fourth-order valence-electron chi connectivity index (χ4n) is 2.16. The zero-order valence-electron chi connectivity index (χ0n) is 13.8. The average molecular weight is 341 g/mol. The number of thioether (sulfide) groups is 1. The highest BCUT2D eigenvalue weighted by molar-refractivity contribution is 7.99. The van der Waals surface area contributed by atoms with E-state index in [4.69, 9.17) is 5.26 Å². The molecule has 24 heavy (non-hydrogen) atoms. The van der Waals surface area contributed by atoms with Crippen molar-refractivity contribution in [3.05, 3.63) is 47.5 Å². The van der Waals surface area contributed by atoms with Gasteiger partial charge < -0.3 is 4.90 Å². The first kappa shape index (κ1) is 17.9. The lowest BCUT2D eigenvalue weighted by Crippen LogP contribution is -2.32. The number of hydrogen-bond acceptors (Lipinski definition) is 6. The van der Waals surface area contributed by atoms with E-state index in [-0.39, 0.29) is 11.7 Å². The molecule has 0 atom stereocenters. The summed E-state index contributed by atoms with van der Waals surface area (Å²) in [5.74, 6) is 0.205. The van der Waals surface area contributed by atoms with Crippen LogP contribution in [0, 0.1) is 25.2 Å². The number of hydrogen-bond donors (Lipinski definition) is 0. The standard InChI is InChI=1S/C17H19N5OS/c1-13-9-14(2)21-17(20-13)24-12-16(23)22(8-4-6-18)11-15-5-3-7-19-10-15/h3,5,7,9-10H,4,8,11-12H2,1-2H3. The molecule has 2 heterocycles. The minimum absolute atomic E-state index is 0.0399. The van der Waals surface area contributed by atoms with E-state index in [2.05, 4.69) is 21.0 Å². The number of amides is 1. The van der Waals surface area contributed by atoms with Gasteiger partial charge in [-0.1, -0.05) is 17.8 Å². The molecule has 0 aliphatic heterocycles.